The Bertz CT molecular complexity index is 217. The lowest BCUT2D eigenvalue weighted by atomic mass is 10.1. The summed E-state index contributed by atoms with van der Waals surface area (Å²) in [5.74, 6) is 0.189. The Morgan fingerprint density at radius 1 is 0.800 bits per heavy atom. The largest absolute Gasteiger partial charge is 0.343 e. The summed E-state index contributed by atoms with van der Waals surface area (Å²) in [5.41, 5.74) is 0. The van der Waals surface area contributed by atoms with Crippen LogP contribution in [0.3, 0.4) is 0 Å². The highest BCUT2D eigenvalue weighted by molar-refractivity contribution is 5.75. The molecule has 0 bridgehead atoms. The predicted molar refractivity (Wildman–Crippen MR) is 87.8 cm³/mol. The van der Waals surface area contributed by atoms with Gasteiger partial charge in [0.05, 0.1) is 6.67 Å². The van der Waals surface area contributed by atoms with Gasteiger partial charge >= 0.3 is 0 Å². The fraction of sp³-hybridized carbons (Fsp3) is 0.941. The number of hydrogen-bond acceptors (Lipinski definition) is 2. The van der Waals surface area contributed by atoms with Crippen LogP contribution >= 0.6 is 0 Å². The second kappa shape index (κ2) is 14.8. The van der Waals surface area contributed by atoms with Gasteiger partial charge in [0.1, 0.15) is 0 Å². The number of rotatable bonds is 14. The third kappa shape index (κ3) is 15.5. The van der Waals surface area contributed by atoms with Crippen molar-refractivity contribution >= 4 is 5.91 Å². The number of amides is 1. The van der Waals surface area contributed by atoms with Gasteiger partial charge in [-0.25, -0.2) is 0 Å². The molecule has 0 saturated heterocycles. The summed E-state index contributed by atoms with van der Waals surface area (Å²) < 4.78 is 0. The molecule has 0 aliphatic heterocycles. The third-order valence-electron chi connectivity index (χ3n) is 3.60. The van der Waals surface area contributed by atoms with Gasteiger partial charge in [0.2, 0.25) is 5.91 Å². The summed E-state index contributed by atoms with van der Waals surface area (Å²) in [7, 11) is 3.92. The Hall–Kier alpha value is -0.570. The molecule has 0 aliphatic carbocycles. The van der Waals surface area contributed by atoms with Crippen molar-refractivity contribution in [2.45, 2.75) is 84.0 Å². The zero-order valence-electron chi connectivity index (χ0n) is 14.0. The van der Waals surface area contributed by atoms with Crippen molar-refractivity contribution in [2.24, 2.45) is 0 Å². The summed E-state index contributed by atoms with van der Waals surface area (Å²) in [5, 5.41) is 2.90. The first kappa shape index (κ1) is 19.4. The molecule has 1 N–H and O–H groups in total. The summed E-state index contributed by atoms with van der Waals surface area (Å²) in [6.45, 7) is 2.91. The second-order valence-corrected chi connectivity index (χ2v) is 6.12. The molecule has 1 amide bonds. The van der Waals surface area contributed by atoms with E-state index in [1.165, 1.54) is 64.2 Å². The monoisotopic (exact) mass is 284 g/mol. The Kier molecular flexibility index (Phi) is 14.4. The Labute approximate surface area is 126 Å². The number of nitrogens with zero attached hydrogens (tertiary/aromatic N) is 1. The predicted octanol–water partition coefficient (Wildman–Crippen LogP) is 4.32. The molecule has 0 fully saturated rings. The van der Waals surface area contributed by atoms with E-state index in [0.717, 1.165) is 6.42 Å². The van der Waals surface area contributed by atoms with E-state index in [9.17, 15) is 4.79 Å². The normalized spacial score (nSPS) is 11.0. The number of unbranched alkanes of at least 4 members (excludes halogenated alkanes) is 10. The van der Waals surface area contributed by atoms with Gasteiger partial charge < -0.3 is 5.32 Å². The molecule has 120 valence electrons. The van der Waals surface area contributed by atoms with Crippen molar-refractivity contribution in [3.63, 3.8) is 0 Å². The van der Waals surface area contributed by atoms with Crippen LogP contribution in [0, 0.1) is 0 Å². The van der Waals surface area contributed by atoms with Crippen LogP contribution in [0.4, 0.5) is 0 Å². The smallest absolute Gasteiger partial charge is 0.220 e. The van der Waals surface area contributed by atoms with Gasteiger partial charge in [0.15, 0.2) is 0 Å². The topological polar surface area (TPSA) is 32.3 Å². The third-order valence-corrected chi connectivity index (χ3v) is 3.60. The molecule has 0 atom stereocenters. The molecule has 3 nitrogen and oxygen atoms in total. The van der Waals surface area contributed by atoms with Crippen LogP contribution in [0.5, 0.6) is 0 Å². The van der Waals surface area contributed by atoms with Crippen LogP contribution in [0.2, 0.25) is 0 Å². The maximum Gasteiger partial charge on any atom is 0.220 e. The molecule has 0 heterocycles. The molecule has 0 aromatic rings. The van der Waals surface area contributed by atoms with E-state index in [0.29, 0.717) is 13.1 Å². The molecule has 0 spiro atoms. The fourth-order valence-corrected chi connectivity index (χ4v) is 2.28. The lowest BCUT2D eigenvalue weighted by Gasteiger charge is -2.10. The van der Waals surface area contributed by atoms with E-state index in [1.54, 1.807) is 0 Å². The van der Waals surface area contributed by atoms with E-state index < -0.39 is 0 Å². The number of hydrogen-bond donors (Lipinski definition) is 1. The first-order valence-corrected chi connectivity index (χ1v) is 8.58. The Morgan fingerprint density at radius 3 is 1.70 bits per heavy atom. The molecule has 0 aromatic carbocycles. The van der Waals surface area contributed by atoms with Crippen LogP contribution in [0.15, 0.2) is 0 Å². The first-order chi connectivity index (χ1) is 9.66. The minimum absolute atomic E-state index is 0.189. The highest BCUT2D eigenvalue weighted by atomic mass is 16.1. The molecular formula is C17H36N2O. The standard InChI is InChI=1S/C17H36N2O/c1-4-5-6-7-8-9-10-11-12-13-14-15-17(20)18-16-19(2)3/h4-16H2,1-3H3,(H,18,20). The van der Waals surface area contributed by atoms with Crippen LogP contribution < -0.4 is 5.32 Å². The average molecular weight is 284 g/mol. The molecule has 0 aliphatic rings. The van der Waals surface area contributed by atoms with E-state index in [-0.39, 0.29) is 5.91 Å². The maximum absolute atomic E-state index is 11.5. The van der Waals surface area contributed by atoms with Crippen LogP contribution in [0.25, 0.3) is 0 Å². The zero-order valence-corrected chi connectivity index (χ0v) is 14.0. The minimum Gasteiger partial charge on any atom is -0.343 e. The van der Waals surface area contributed by atoms with Gasteiger partial charge in [-0.3, -0.25) is 9.69 Å². The summed E-state index contributed by atoms with van der Waals surface area (Å²) in [6, 6.07) is 0. The van der Waals surface area contributed by atoms with Crippen LogP contribution in [0.1, 0.15) is 84.0 Å². The van der Waals surface area contributed by atoms with Crippen molar-refractivity contribution in [3.8, 4) is 0 Å². The summed E-state index contributed by atoms with van der Waals surface area (Å²) in [6.07, 6.45) is 15.3. The second-order valence-electron chi connectivity index (χ2n) is 6.12. The number of carbonyl (C=O) groups excluding carboxylic acids is 1. The van der Waals surface area contributed by atoms with Crippen molar-refractivity contribution in [3.05, 3.63) is 0 Å². The lowest BCUT2D eigenvalue weighted by Crippen LogP contribution is -2.32. The van der Waals surface area contributed by atoms with Crippen molar-refractivity contribution in [2.75, 3.05) is 20.8 Å². The molecule has 0 saturated carbocycles. The van der Waals surface area contributed by atoms with E-state index >= 15 is 0 Å². The van der Waals surface area contributed by atoms with Gasteiger partial charge in [-0.1, -0.05) is 71.1 Å². The molecule has 20 heavy (non-hydrogen) atoms. The SMILES string of the molecule is CCCCCCCCCCCCCC(=O)NCN(C)C. The number of carbonyl (C=O) groups is 1. The molecule has 0 unspecified atom stereocenters. The van der Waals surface area contributed by atoms with Gasteiger partial charge in [-0.05, 0) is 20.5 Å². The molecular weight excluding hydrogens is 248 g/mol. The quantitative estimate of drug-likeness (QED) is 0.380. The van der Waals surface area contributed by atoms with Crippen molar-refractivity contribution in [1.82, 2.24) is 10.2 Å². The van der Waals surface area contributed by atoms with Crippen molar-refractivity contribution in [1.29, 1.82) is 0 Å². The van der Waals surface area contributed by atoms with Crippen molar-refractivity contribution < 1.29 is 4.79 Å². The van der Waals surface area contributed by atoms with Gasteiger partial charge in [0, 0.05) is 6.42 Å². The molecule has 0 rings (SSSR count). The minimum atomic E-state index is 0.189. The summed E-state index contributed by atoms with van der Waals surface area (Å²) >= 11 is 0. The van der Waals surface area contributed by atoms with Gasteiger partial charge in [-0.2, -0.15) is 0 Å². The van der Waals surface area contributed by atoms with E-state index in [1.807, 2.05) is 19.0 Å². The van der Waals surface area contributed by atoms with Gasteiger partial charge in [0.25, 0.3) is 0 Å². The molecule has 0 radical (unpaired) electrons. The Morgan fingerprint density at radius 2 is 1.25 bits per heavy atom. The molecule has 3 heteroatoms. The van der Waals surface area contributed by atoms with E-state index in [2.05, 4.69) is 12.2 Å². The average Bonchev–Trinajstić information content (AvgIpc) is 2.42. The van der Waals surface area contributed by atoms with Crippen LogP contribution in [-0.2, 0) is 4.79 Å². The Balaban J connectivity index is 3.11. The maximum atomic E-state index is 11.5. The molecule has 0 aromatic heterocycles. The first-order valence-electron chi connectivity index (χ1n) is 8.58. The highest BCUT2D eigenvalue weighted by Crippen LogP contribution is 2.11. The zero-order chi connectivity index (χ0) is 15.1. The van der Waals surface area contributed by atoms with E-state index in [4.69, 9.17) is 0 Å². The fourth-order valence-electron chi connectivity index (χ4n) is 2.28. The van der Waals surface area contributed by atoms with Gasteiger partial charge in [-0.15, -0.1) is 0 Å². The number of nitrogens with one attached hydrogen (secondary N) is 1. The van der Waals surface area contributed by atoms with Crippen LogP contribution in [-0.4, -0.2) is 31.6 Å². The summed E-state index contributed by atoms with van der Waals surface area (Å²) in [4.78, 5) is 13.4. The highest BCUT2D eigenvalue weighted by Gasteiger charge is 2.00. The lowest BCUT2D eigenvalue weighted by molar-refractivity contribution is -0.121.